The van der Waals surface area contributed by atoms with Crippen LogP contribution < -0.4 is 14.8 Å². The number of nitrogens with zero attached hydrogens (tertiary/aromatic N) is 3. The van der Waals surface area contributed by atoms with E-state index in [2.05, 4.69) is 20.3 Å². The number of carbonyl (C=O) groups is 2. The van der Waals surface area contributed by atoms with Crippen molar-refractivity contribution in [2.24, 2.45) is 5.92 Å². The van der Waals surface area contributed by atoms with Gasteiger partial charge in [-0.25, -0.2) is 9.97 Å². The quantitative estimate of drug-likeness (QED) is 0.514. The highest BCUT2D eigenvalue weighted by Crippen LogP contribution is 2.38. The van der Waals surface area contributed by atoms with Gasteiger partial charge in [-0.05, 0) is 50.3 Å². The second-order valence-corrected chi connectivity index (χ2v) is 9.34. The maximum atomic E-state index is 13.3. The largest absolute Gasteiger partial charge is 0.497 e. The molecule has 2 fully saturated rings. The first kappa shape index (κ1) is 23.1. The lowest BCUT2D eigenvalue weighted by Gasteiger charge is -2.16. The van der Waals surface area contributed by atoms with Crippen LogP contribution in [0.3, 0.4) is 0 Å². The molecule has 1 saturated carbocycles. The van der Waals surface area contributed by atoms with E-state index in [4.69, 9.17) is 9.47 Å². The lowest BCUT2D eigenvalue weighted by molar-refractivity contribution is -0.129. The number of rotatable bonds is 8. The van der Waals surface area contributed by atoms with E-state index in [9.17, 15) is 9.59 Å². The maximum absolute atomic E-state index is 13.3. The lowest BCUT2D eigenvalue weighted by atomic mass is 10.1. The summed E-state index contributed by atoms with van der Waals surface area (Å²) in [5, 5.41) is 3.09. The third kappa shape index (κ3) is 4.67. The van der Waals surface area contributed by atoms with Gasteiger partial charge in [-0.3, -0.25) is 9.59 Å². The number of nitrogens with one attached hydrogen (secondary N) is 2. The van der Waals surface area contributed by atoms with Crippen LogP contribution in [0.25, 0.3) is 22.3 Å². The Balaban J connectivity index is 1.46. The molecule has 9 nitrogen and oxygen atoms in total. The molecule has 2 amide bonds. The van der Waals surface area contributed by atoms with Crippen molar-refractivity contribution in [1.82, 2.24) is 25.2 Å². The number of aromatic amines is 1. The molecule has 1 atom stereocenters. The van der Waals surface area contributed by atoms with Crippen LogP contribution in [-0.2, 0) is 4.79 Å². The van der Waals surface area contributed by atoms with Crippen molar-refractivity contribution in [3.63, 3.8) is 0 Å². The van der Waals surface area contributed by atoms with E-state index in [0.29, 0.717) is 65.8 Å². The normalized spacial score (nSPS) is 17.6. The van der Waals surface area contributed by atoms with Gasteiger partial charge < -0.3 is 24.7 Å². The van der Waals surface area contributed by atoms with Crippen LogP contribution >= 0.6 is 0 Å². The summed E-state index contributed by atoms with van der Waals surface area (Å²) in [4.78, 5) is 39.5. The van der Waals surface area contributed by atoms with E-state index in [-0.39, 0.29) is 17.9 Å². The number of hydrogen-bond acceptors (Lipinski definition) is 6. The fraction of sp³-hybridized carbons (Fsp3) is 0.462. The van der Waals surface area contributed by atoms with Gasteiger partial charge in [0.1, 0.15) is 29.0 Å². The van der Waals surface area contributed by atoms with Gasteiger partial charge in [0.25, 0.3) is 5.91 Å². The average molecular weight is 478 g/mol. The zero-order valence-electron chi connectivity index (χ0n) is 20.4. The molecule has 184 valence electrons. The van der Waals surface area contributed by atoms with Gasteiger partial charge in [0.05, 0.1) is 24.8 Å². The molecule has 1 aliphatic heterocycles. The first-order valence-corrected chi connectivity index (χ1v) is 12.2. The molecule has 3 aromatic rings. The first-order chi connectivity index (χ1) is 17.0. The fourth-order valence-electron chi connectivity index (χ4n) is 4.63. The van der Waals surface area contributed by atoms with Gasteiger partial charge in [0.2, 0.25) is 5.91 Å². The van der Waals surface area contributed by atoms with Crippen molar-refractivity contribution in [3.8, 4) is 22.8 Å². The summed E-state index contributed by atoms with van der Waals surface area (Å²) < 4.78 is 11.6. The highest BCUT2D eigenvalue weighted by atomic mass is 16.5. The van der Waals surface area contributed by atoms with E-state index in [1.54, 1.807) is 12.0 Å². The second kappa shape index (κ2) is 9.56. The number of amides is 2. The van der Waals surface area contributed by atoms with E-state index < -0.39 is 0 Å². The predicted octanol–water partition coefficient (Wildman–Crippen LogP) is 3.47. The van der Waals surface area contributed by atoms with Gasteiger partial charge in [0, 0.05) is 36.8 Å². The van der Waals surface area contributed by atoms with Crippen LogP contribution in [0.5, 0.6) is 11.5 Å². The number of H-pyrrole nitrogens is 1. The number of aromatic nitrogens is 3. The number of methoxy groups -OCH3 is 1. The Morgan fingerprint density at radius 1 is 1.23 bits per heavy atom. The van der Waals surface area contributed by atoms with Crippen LogP contribution in [0, 0.1) is 12.8 Å². The molecule has 35 heavy (non-hydrogen) atoms. The summed E-state index contributed by atoms with van der Waals surface area (Å²) in [5.74, 6) is 1.93. The number of benzene rings is 1. The van der Waals surface area contributed by atoms with Crippen molar-refractivity contribution < 1.29 is 19.1 Å². The Kier molecular flexibility index (Phi) is 6.32. The van der Waals surface area contributed by atoms with E-state index in [0.717, 1.165) is 17.7 Å². The smallest absolute Gasteiger partial charge is 0.255 e. The van der Waals surface area contributed by atoms with Crippen molar-refractivity contribution in [2.75, 3.05) is 26.8 Å². The lowest BCUT2D eigenvalue weighted by Crippen LogP contribution is -2.38. The van der Waals surface area contributed by atoms with Gasteiger partial charge in [-0.15, -0.1) is 0 Å². The topological polar surface area (TPSA) is 109 Å². The Bertz CT molecular complexity index is 1270. The summed E-state index contributed by atoms with van der Waals surface area (Å²) in [6.45, 7) is 5.58. The zero-order valence-corrected chi connectivity index (χ0v) is 20.4. The molecule has 9 heteroatoms. The summed E-state index contributed by atoms with van der Waals surface area (Å²) >= 11 is 0. The number of hydrogen-bond donors (Lipinski definition) is 2. The van der Waals surface area contributed by atoms with Gasteiger partial charge in [-0.1, -0.05) is 6.92 Å². The second-order valence-electron chi connectivity index (χ2n) is 9.34. The molecule has 5 rings (SSSR count). The van der Waals surface area contributed by atoms with Gasteiger partial charge in [0.15, 0.2) is 0 Å². The molecule has 1 aromatic carbocycles. The molecule has 0 unspecified atom stereocenters. The third-order valence-electron chi connectivity index (χ3n) is 6.79. The Hall–Kier alpha value is -3.62. The van der Waals surface area contributed by atoms with E-state index in [1.807, 2.05) is 32.0 Å². The molecule has 2 aromatic heterocycles. The fourth-order valence-corrected chi connectivity index (χ4v) is 4.63. The molecule has 0 spiro atoms. The summed E-state index contributed by atoms with van der Waals surface area (Å²) in [7, 11) is 1.62. The van der Waals surface area contributed by atoms with Crippen LogP contribution in [0.15, 0.2) is 24.5 Å². The number of aryl methyl sites for hydroxylation is 1. The Morgan fingerprint density at radius 2 is 2.06 bits per heavy atom. The molecule has 1 aliphatic carbocycles. The average Bonchev–Trinajstić information content (AvgIpc) is 3.47. The van der Waals surface area contributed by atoms with E-state index in [1.165, 1.54) is 19.2 Å². The highest BCUT2D eigenvalue weighted by molar-refractivity contribution is 6.09. The number of likely N-dealkylation sites (tertiary alicyclic amines) is 1. The summed E-state index contributed by atoms with van der Waals surface area (Å²) in [6.07, 6.45) is 5.08. The molecule has 2 N–H and O–H groups in total. The maximum Gasteiger partial charge on any atom is 0.255 e. The predicted molar refractivity (Wildman–Crippen MR) is 132 cm³/mol. The van der Waals surface area contributed by atoms with Crippen LogP contribution in [0.4, 0.5) is 0 Å². The summed E-state index contributed by atoms with van der Waals surface area (Å²) in [6, 6.07) is 5.59. The molecular weight excluding hydrogens is 446 g/mol. The number of carbonyl (C=O) groups excluding carboxylic acids is 2. The van der Waals surface area contributed by atoms with Crippen LogP contribution in [-0.4, -0.2) is 64.5 Å². The minimum absolute atomic E-state index is 0.0792. The molecule has 0 bridgehead atoms. The Labute approximate surface area is 204 Å². The van der Waals surface area contributed by atoms with Gasteiger partial charge in [-0.2, -0.15) is 0 Å². The number of fused-ring (bicyclic) bond motifs is 1. The molecule has 3 heterocycles. The van der Waals surface area contributed by atoms with Crippen molar-refractivity contribution in [3.05, 3.63) is 35.8 Å². The van der Waals surface area contributed by atoms with Gasteiger partial charge >= 0.3 is 0 Å². The SMILES string of the molecule is CCC(=O)N1CC[C@@H](NC(=O)c2c(C)[nH]c3c(-c4cc(OC)ccc4OCC4CC4)ncnc23)C1. The van der Waals surface area contributed by atoms with Crippen LogP contribution in [0.1, 0.15) is 48.7 Å². The van der Waals surface area contributed by atoms with Crippen molar-refractivity contribution >= 4 is 22.8 Å². The zero-order chi connectivity index (χ0) is 24.5. The minimum Gasteiger partial charge on any atom is -0.497 e. The Morgan fingerprint density at radius 3 is 2.80 bits per heavy atom. The number of ether oxygens (including phenoxy) is 2. The van der Waals surface area contributed by atoms with Crippen molar-refractivity contribution in [2.45, 2.75) is 45.6 Å². The highest BCUT2D eigenvalue weighted by Gasteiger charge is 2.29. The summed E-state index contributed by atoms with van der Waals surface area (Å²) in [5.41, 5.74) is 3.88. The van der Waals surface area contributed by atoms with E-state index >= 15 is 0 Å². The minimum atomic E-state index is -0.204. The standard InChI is InChI=1S/C26H31N5O4/c1-4-21(32)31-10-9-17(12-31)30-26(33)22-15(2)29-25-23(27-14-28-24(22)25)19-11-18(34-3)7-8-20(19)35-13-16-5-6-16/h7-8,11,14,16-17,29H,4-6,9-10,12-13H2,1-3H3,(H,30,33)/t17-/m1/s1. The van der Waals surface area contributed by atoms with Crippen LogP contribution in [0.2, 0.25) is 0 Å². The third-order valence-corrected chi connectivity index (χ3v) is 6.79. The molecule has 1 saturated heterocycles. The molecule has 2 aliphatic rings. The first-order valence-electron chi connectivity index (χ1n) is 12.2. The van der Waals surface area contributed by atoms with Crippen molar-refractivity contribution in [1.29, 1.82) is 0 Å². The monoisotopic (exact) mass is 477 g/mol. The molecular formula is C26H31N5O4. The molecule has 0 radical (unpaired) electrons.